The molecule has 0 spiro atoms. The van der Waals surface area contributed by atoms with Crippen LogP contribution in [0.4, 0.5) is 4.79 Å². The van der Waals surface area contributed by atoms with E-state index in [2.05, 4.69) is 5.16 Å². The number of imide groups is 1. The number of aryl methyl sites for hydroxylation is 1. The van der Waals surface area contributed by atoms with Gasteiger partial charge in [0.05, 0.1) is 0 Å². The average molecular weight is 303 g/mol. The summed E-state index contributed by atoms with van der Waals surface area (Å²) in [5.41, 5.74) is 5.90. The Hall–Kier alpha value is -3.16. The summed E-state index contributed by atoms with van der Waals surface area (Å²) in [4.78, 5) is 33.8. The van der Waals surface area contributed by atoms with E-state index in [9.17, 15) is 14.4 Å². The number of aromatic nitrogens is 1. The van der Waals surface area contributed by atoms with Crippen LogP contribution in [0, 0.1) is 6.92 Å². The van der Waals surface area contributed by atoms with Crippen LogP contribution in [0.3, 0.4) is 0 Å². The van der Waals surface area contributed by atoms with E-state index in [0.29, 0.717) is 11.3 Å². The lowest BCUT2D eigenvalue weighted by Crippen LogP contribution is -2.37. The minimum atomic E-state index is -1.02. The fourth-order valence-corrected chi connectivity index (χ4v) is 1.78. The van der Waals surface area contributed by atoms with Crippen molar-refractivity contribution in [3.05, 3.63) is 41.7 Å². The molecule has 0 atom stereocenters. The number of carbonyl (C=O) groups is 3. The number of hydrogen-bond acceptors (Lipinski definition) is 6. The third kappa shape index (κ3) is 3.48. The Morgan fingerprint density at radius 1 is 1.27 bits per heavy atom. The number of amides is 3. The van der Waals surface area contributed by atoms with Crippen molar-refractivity contribution in [2.75, 3.05) is 6.61 Å². The average Bonchev–Trinajstić information content (AvgIpc) is 2.87. The second-order valence-corrected chi connectivity index (χ2v) is 4.32. The van der Waals surface area contributed by atoms with Crippen LogP contribution in [0.1, 0.15) is 16.1 Å². The van der Waals surface area contributed by atoms with Crippen molar-refractivity contribution in [1.82, 2.24) is 10.5 Å². The monoisotopic (exact) mass is 303 g/mol. The summed E-state index contributed by atoms with van der Waals surface area (Å²) in [6.45, 7) is 0.917. The van der Waals surface area contributed by atoms with Gasteiger partial charge in [0.15, 0.2) is 6.61 Å². The Bertz CT molecular complexity index is 709. The number of hydrogen-bond donors (Lipinski definition) is 2. The van der Waals surface area contributed by atoms with Crippen molar-refractivity contribution < 1.29 is 23.6 Å². The molecule has 0 unspecified atom stereocenters. The van der Waals surface area contributed by atoms with Crippen molar-refractivity contribution >= 4 is 17.9 Å². The van der Waals surface area contributed by atoms with Gasteiger partial charge in [-0.1, -0.05) is 35.5 Å². The van der Waals surface area contributed by atoms with E-state index in [4.69, 9.17) is 15.0 Å². The van der Waals surface area contributed by atoms with Crippen LogP contribution in [-0.2, 0) is 9.53 Å². The molecule has 3 N–H and O–H groups in total. The molecule has 114 valence electrons. The highest BCUT2D eigenvalue weighted by molar-refractivity contribution is 5.99. The minimum Gasteiger partial charge on any atom is -0.452 e. The Morgan fingerprint density at radius 2 is 1.95 bits per heavy atom. The molecule has 2 aromatic rings. The molecule has 1 aromatic carbocycles. The predicted octanol–water partition coefficient (Wildman–Crippen LogP) is 1.00. The van der Waals surface area contributed by atoms with Gasteiger partial charge in [-0.3, -0.25) is 10.1 Å². The summed E-state index contributed by atoms with van der Waals surface area (Å²) >= 11 is 0. The molecule has 0 aliphatic rings. The van der Waals surface area contributed by atoms with Gasteiger partial charge in [0.2, 0.25) is 0 Å². The first-order valence-electron chi connectivity index (χ1n) is 6.27. The second kappa shape index (κ2) is 6.53. The lowest BCUT2D eigenvalue weighted by atomic mass is 10.1. The number of primary amides is 1. The number of nitrogens with one attached hydrogen (secondary N) is 1. The normalized spacial score (nSPS) is 10.0. The molecule has 3 amide bonds. The zero-order chi connectivity index (χ0) is 16.1. The molecule has 8 nitrogen and oxygen atoms in total. The standard InChI is InChI=1S/C14H13N3O5/c1-8-11(13(19)21-7-10(18)16-14(15)20)12(17-22-8)9-5-3-2-4-6-9/h2-6H,7H2,1H3,(H3,15,16,18,20). The van der Waals surface area contributed by atoms with Crippen molar-refractivity contribution in [3.8, 4) is 11.3 Å². The molecule has 8 heteroatoms. The van der Waals surface area contributed by atoms with Crippen molar-refractivity contribution in [2.24, 2.45) is 5.73 Å². The molecule has 0 saturated carbocycles. The van der Waals surface area contributed by atoms with Gasteiger partial charge in [0.1, 0.15) is 17.0 Å². The Balaban J connectivity index is 2.15. The molecule has 0 bridgehead atoms. The van der Waals surface area contributed by atoms with Gasteiger partial charge in [-0.2, -0.15) is 0 Å². The van der Waals surface area contributed by atoms with Gasteiger partial charge < -0.3 is 15.0 Å². The zero-order valence-electron chi connectivity index (χ0n) is 11.7. The molecule has 0 aliphatic carbocycles. The summed E-state index contributed by atoms with van der Waals surface area (Å²) in [6, 6.07) is 7.89. The van der Waals surface area contributed by atoms with Gasteiger partial charge in [0, 0.05) is 5.56 Å². The smallest absolute Gasteiger partial charge is 0.344 e. The van der Waals surface area contributed by atoms with Crippen molar-refractivity contribution in [2.45, 2.75) is 6.92 Å². The molecule has 22 heavy (non-hydrogen) atoms. The number of esters is 1. The van der Waals surface area contributed by atoms with Crippen LogP contribution >= 0.6 is 0 Å². The van der Waals surface area contributed by atoms with Crippen LogP contribution in [0.25, 0.3) is 11.3 Å². The number of nitrogens with zero attached hydrogens (tertiary/aromatic N) is 1. The molecule has 0 saturated heterocycles. The Morgan fingerprint density at radius 3 is 2.59 bits per heavy atom. The second-order valence-electron chi connectivity index (χ2n) is 4.32. The summed E-state index contributed by atoms with van der Waals surface area (Å²) in [5, 5.41) is 5.62. The van der Waals surface area contributed by atoms with E-state index in [-0.39, 0.29) is 11.3 Å². The molecular weight excluding hydrogens is 290 g/mol. The quantitative estimate of drug-likeness (QED) is 0.812. The van der Waals surface area contributed by atoms with E-state index < -0.39 is 24.5 Å². The summed E-state index contributed by atoms with van der Waals surface area (Å²) < 4.78 is 9.85. The van der Waals surface area contributed by atoms with E-state index in [1.54, 1.807) is 36.5 Å². The highest BCUT2D eigenvalue weighted by Crippen LogP contribution is 2.25. The summed E-state index contributed by atoms with van der Waals surface area (Å²) in [6.07, 6.45) is 0. The van der Waals surface area contributed by atoms with Crippen LogP contribution in [0.15, 0.2) is 34.9 Å². The maximum Gasteiger partial charge on any atom is 0.344 e. The molecule has 1 aromatic heterocycles. The number of urea groups is 1. The predicted molar refractivity (Wildman–Crippen MR) is 74.7 cm³/mol. The fourth-order valence-electron chi connectivity index (χ4n) is 1.78. The van der Waals surface area contributed by atoms with E-state index in [1.807, 2.05) is 6.07 Å². The van der Waals surface area contributed by atoms with Crippen LogP contribution in [-0.4, -0.2) is 29.7 Å². The fraction of sp³-hybridized carbons (Fsp3) is 0.143. The first-order valence-corrected chi connectivity index (χ1v) is 6.27. The molecular formula is C14H13N3O5. The molecule has 1 heterocycles. The first kappa shape index (κ1) is 15.2. The minimum absolute atomic E-state index is 0.123. The first-order chi connectivity index (χ1) is 10.5. The van der Waals surface area contributed by atoms with Crippen molar-refractivity contribution in [1.29, 1.82) is 0 Å². The lowest BCUT2D eigenvalue weighted by molar-refractivity contribution is -0.123. The van der Waals surface area contributed by atoms with Crippen LogP contribution < -0.4 is 11.1 Å². The van der Waals surface area contributed by atoms with Crippen LogP contribution in [0.5, 0.6) is 0 Å². The molecule has 0 aliphatic heterocycles. The van der Waals surface area contributed by atoms with Crippen molar-refractivity contribution in [3.63, 3.8) is 0 Å². The molecule has 0 fully saturated rings. The highest BCUT2D eigenvalue weighted by atomic mass is 16.5. The van der Waals surface area contributed by atoms with Gasteiger partial charge in [-0.15, -0.1) is 0 Å². The third-order valence-corrected chi connectivity index (χ3v) is 2.71. The van der Waals surface area contributed by atoms with Gasteiger partial charge in [-0.05, 0) is 6.92 Å². The highest BCUT2D eigenvalue weighted by Gasteiger charge is 2.23. The van der Waals surface area contributed by atoms with Gasteiger partial charge in [-0.25, -0.2) is 9.59 Å². The van der Waals surface area contributed by atoms with Gasteiger partial charge >= 0.3 is 12.0 Å². The maximum absolute atomic E-state index is 12.1. The lowest BCUT2D eigenvalue weighted by Gasteiger charge is -2.05. The zero-order valence-corrected chi connectivity index (χ0v) is 11.7. The third-order valence-electron chi connectivity index (χ3n) is 2.71. The number of carbonyl (C=O) groups excluding carboxylic acids is 3. The number of nitrogens with two attached hydrogens (primary N) is 1. The number of benzene rings is 1. The topological polar surface area (TPSA) is 125 Å². The summed E-state index contributed by atoms with van der Waals surface area (Å²) in [5.74, 6) is -1.34. The van der Waals surface area contributed by atoms with E-state index in [1.165, 1.54) is 0 Å². The number of rotatable bonds is 4. The Labute approximate surface area is 125 Å². The van der Waals surface area contributed by atoms with Crippen LogP contribution in [0.2, 0.25) is 0 Å². The van der Waals surface area contributed by atoms with E-state index in [0.717, 1.165) is 0 Å². The maximum atomic E-state index is 12.1. The molecule has 2 rings (SSSR count). The summed E-state index contributed by atoms with van der Waals surface area (Å²) in [7, 11) is 0. The van der Waals surface area contributed by atoms with E-state index >= 15 is 0 Å². The Kier molecular flexibility index (Phi) is 4.52. The number of ether oxygens (including phenoxy) is 1. The largest absolute Gasteiger partial charge is 0.452 e. The van der Waals surface area contributed by atoms with Gasteiger partial charge in [0.25, 0.3) is 5.91 Å². The molecule has 0 radical (unpaired) electrons. The SMILES string of the molecule is Cc1onc(-c2ccccc2)c1C(=O)OCC(=O)NC(N)=O.